The number of imidazole rings is 1. The number of halogens is 1. The molecule has 0 unspecified atom stereocenters. The van der Waals surface area contributed by atoms with E-state index >= 15 is 0 Å². The smallest absolute Gasteiger partial charge is 0.292 e. The number of unbranched alkanes of at least 4 members (excludes halogenated alkanes) is 1. The van der Waals surface area contributed by atoms with Gasteiger partial charge in [-0.25, -0.2) is 0 Å². The Labute approximate surface area is 188 Å². The van der Waals surface area contributed by atoms with Crippen molar-refractivity contribution in [1.29, 1.82) is 0 Å². The molecule has 3 aromatic heterocycles. The number of aromatic nitrogens is 2. The molecule has 5 aromatic rings. The molecule has 0 saturated heterocycles. The van der Waals surface area contributed by atoms with Crippen molar-refractivity contribution in [2.75, 3.05) is 18.5 Å². The first-order valence-electron chi connectivity index (χ1n) is 10.2. The number of rotatable bonds is 4. The fourth-order valence-corrected chi connectivity index (χ4v) is 4.23. The van der Waals surface area contributed by atoms with E-state index in [0.29, 0.717) is 0 Å². The molecule has 0 radical (unpaired) electrons. The van der Waals surface area contributed by atoms with Crippen LogP contribution in [-0.4, -0.2) is 18.0 Å². The van der Waals surface area contributed by atoms with Crippen LogP contribution in [0.5, 0.6) is 0 Å². The van der Waals surface area contributed by atoms with Gasteiger partial charge < -0.3 is 28.9 Å². The second-order valence-corrected chi connectivity index (χ2v) is 7.86. The molecule has 29 heavy (non-hydrogen) atoms. The molecule has 0 bridgehead atoms. The van der Waals surface area contributed by atoms with Crippen molar-refractivity contribution in [2.45, 2.75) is 26.7 Å². The van der Waals surface area contributed by atoms with E-state index in [-0.39, 0.29) is 24.0 Å². The lowest BCUT2D eigenvalue weighted by Crippen LogP contribution is -3.00. The van der Waals surface area contributed by atoms with E-state index in [1.807, 2.05) is 0 Å². The summed E-state index contributed by atoms with van der Waals surface area (Å²) in [4.78, 5) is 2.35. The van der Waals surface area contributed by atoms with E-state index in [1.165, 1.54) is 57.1 Å². The summed E-state index contributed by atoms with van der Waals surface area (Å²) < 4.78 is 4.68. The lowest BCUT2D eigenvalue weighted by molar-refractivity contribution is -0.479. The molecule has 148 valence electrons. The molecular weight excluding hydrogens is 469 g/mol. The number of anilines is 1. The largest absolute Gasteiger partial charge is 1.00 e. The second kappa shape index (κ2) is 7.82. The average molecular weight is 495 g/mol. The first kappa shape index (κ1) is 20.0. The van der Waals surface area contributed by atoms with Crippen LogP contribution >= 0.6 is 0 Å². The van der Waals surface area contributed by atoms with Gasteiger partial charge in [-0.1, -0.05) is 25.0 Å². The quantitative estimate of drug-likeness (QED) is 0.276. The van der Waals surface area contributed by atoms with Crippen molar-refractivity contribution >= 4 is 38.7 Å². The number of aryl methyl sites for hydroxylation is 1. The van der Waals surface area contributed by atoms with Crippen LogP contribution in [0, 0.1) is 6.92 Å². The second-order valence-electron chi connectivity index (χ2n) is 7.86. The number of hydrogen-bond donors (Lipinski definition) is 0. The summed E-state index contributed by atoms with van der Waals surface area (Å²) in [6, 6.07) is 22.4. The van der Waals surface area contributed by atoms with Gasteiger partial charge in [0.15, 0.2) is 5.52 Å². The summed E-state index contributed by atoms with van der Waals surface area (Å²) >= 11 is 0. The van der Waals surface area contributed by atoms with Crippen LogP contribution in [0.4, 0.5) is 5.69 Å². The van der Waals surface area contributed by atoms with Gasteiger partial charge >= 0.3 is 0 Å². The Kier molecular flexibility index (Phi) is 5.38. The predicted octanol–water partition coefficient (Wildman–Crippen LogP) is 2.53. The van der Waals surface area contributed by atoms with Crippen LogP contribution in [0.2, 0.25) is 0 Å². The molecule has 0 spiro atoms. The SMILES string of the molecule is CCCCN(C)c1ccc2c(ccc3c[n+]4c5ccc(C)cc5ccc4n32)c1.[I-]. The van der Waals surface area contributed by atoms with E-state index in [1.54, 1.807) is 0 Å². The molecule has 0 amide bonds. The minimum Gasteiger partial charge on any atom is -1.00 e. The molecule has 0 saturated carbocycles. The van der Waals surface area contributed by atoms with E-state index < -0.39 is 0 Å². The molecule has 4 heteroatoms. The van der Waals surface area contributed by atoms with Crippen molar-refractivity contribution in [3.8, 4) is 0 Å². The maximum absolute atomic E-state index is 2.37. The molecule has 3 nitrogen and oxygen atoms in total. The Bertz CT molecular complexity index is 1340. The Morgan fingerprint density at radius 3 is 2.59 bits per heavy atom. The number of benzene rings is 2. The van der Waals surface area contributed by atoms with Crippen molar-refractivity contribution in [3.05, 3.63) is 72.4 Å². The molecule has 0 fully saturated rings. The highest BCUT2D eigenvalue weighted by Gasteiger charge is 2.17. The standard InChI is InChI=1S/C25H26N3.HI/c1-4-5-14-26(3)21-10-12-24-20(16-21)7-9-22-17-27-23-11-6-18(2)15-19(23)8-13-25(27)28(22)24;/h6-13,15-17H,4-5,14H2,1-3H3;1H/q+1;/p-1. The van der Waals surface area contributed by atoms with Crippen molar-refractivity contribution in [3.63, 3.8) is 0 Å². The van der Waals surface area contributed by atoms with Gasteiger partial charge in [0, 0.05) is 36.1 Å². The fraction of sp³-hybridized carbons (Fsp3) is 0.240. The topological polar surface area (TPSA) is 11.8 Å². The third-order valence-electron chi connectivity index (χ3n) is 5.82. The first-order chi connectivity index (χ1) is 13.7. The number of pyridine rings is 2. The normalized spacial score (nSPS) is 11.4. The monoisotopic (exact) mass is 495 g/mol. The first-order valence-corrected chi connectivity index (χ1v) is 10.2. The van der Waals surface area contributed by atoms with Gasteiger partial charge in [0.25, 0.3) is 5.65 Å². The molecule has 3 heterocycles. The van der Waals surface area contributed by atoms with Crippen molar-refractivity contribution in [1.82, 2.24) is 4.40 Å². The number of nitrogens with zero attached hydrogens (tertiary/aromatic N) is 3. The van der Waals surface area contributed by atoms with Crippen LogP contribution in [-0.2, 0) is 0 Å². The van der Waals surface area contributed by atoms with Crippen LogP contribution in [0.3, 0.4) is 0 Å². The van der Waals surface area contributed by atoms with Crippen LogP contribution in [0.15, 0.2) is 66.9 Å². The zero-order chi connectivity index (χ0) is 19.3. The Morgan fingerprint density at radius 1 is 0.931 bits per heavy atom. The van der Waals surface area contributed by atoms with Crippen LogP contribution in [0.1, 0.15) is 25.3 Å². The van der Waals surface area contributed by atoms with E-state index in [0.717, 1.165) is 6.54 Å². The number of hydrogen-bond acceptors (Lipinski definition) is 1. The van der Waals surface area contributed by atoms with Gasteiger partial charge in [0.05, 0.1) is 0 Å². The maximum Gasteiger partial charge on any atom is 0.292 e. The summed E-state index contributed by atoms with van der Waals surface area (Å²) in [5.74, 6) is 0. The molecule has 0 aliphatic heterocycles. The third kappa shape index (κ3) is 3.33. The van der Waals surface area contributed by atoms with Gasteiger partial charge in [-0.2, -0.15) is 8.80 Å². The summed E-state index contributed by atoms with van der Waals surface area (Å²) in [6.07, 6.45) is 4.69. The maximum atomic E-state index is 2.37. The lowest BCUT2D eigenvalue weighted by atomic mass is 10.1. The zero-order valence-electron chi connectivity index (χ0n) is 17.2. The Hall–Kier alpha value is -2.34. The molecule has 0 N–H and O–H groups in total. The molecule has 0 atom stereocenters. The van der Waals surface area contributed by atoms with Gasteiger partial charge in [-0.05, 0) is 61.9 Å². The predicted molar refractivity (Wildman–Crippen MR) is 118 cm³/mol. The van der Waals surface area contributed by atoms with Gasteiger partial charge in [-0.15, -0.1) is 0 Å². The summed E-state index contributed by atoms with van der Waals surface area (Å²) in [7, 11) is 2.18. The number of fused-ring (bicyclic) bond motifs is 7. The Morgan fingerprint density at radius 2 is 1.76 bits per heavy atom. The van der Waals surface area contributed by atoms with Gasteiger partial charge in [0.1, 0.15) is 17.2 Å². The molecule has 5 rings (SSSR count). The van der Waals surface area contributed by atoms with E-state index in [9.17, 15) is 0 Å². The zero-order valence-corrected chi connectivity index (χ0v) is 19.3. The lowest BCUT2D eigenvalue weighted by Gasteiger charge is -2.19. The summed E-state index contributed by atoms with van der Waals surface area (Å²) in [5.41, 5.74) is 7.48. The average Bonchev–Trinajstić information content (AvgIpc) is 3.10. The minimum atomic E-state index is 0. The highest BCUT2D eigenvalue weighted by molar-refractivity contribution is 5.88. The van der Waals surface area contributed by atoms with Gasteiger partial charge in [0.2, 0.25) is 0 Å². The highest BCUT2D eigenvalue weighted by atomic mass is 127. The van der Waals surface area contributed by atoms with Crippen molar-refractivity contribution < 1.29 is 28.4 Å². The molecule has 2 aromatic carbocycles. The van der Waals surface area contributed by atoms with Gasteiger partial charge in [-0.3, -0.25) is 0 Å². The molecule has 0 aliphatic carbocycles. The summed E-state index contributed by atoms with van der Waals surface area (Å²) in [5, 5.41) is 2.55. The fourth-order valence-electron chi connectivity index (χ4n) is 4.23. The van der Waals surface area contributed by atoms with Crippen LogP contribution in [0.25, 0.3) is 33.0 Å². The summed E-state index contributed by atoms with van der Waals surface area (Å²) in [6.45, 7) is 5.48. The molecule has 0 aliphatic rings. The van der Waals surface area contributed by atoms with E-state index in [4.69, 9.17) is 0 Å². The molecular formula is C25H26IN3. The highest BCUT2D eigenvalue weighted by Crippen LogP contribution is 2.25. The Balaban J connectivity index is 0.00000205. The minimum absolute atomic E-state index is 0. The van der Waals surface area contributed by atoms with Crippen LogP contribution < -0.4 is 33.3 Å². The van der Waals surface area contributed by atoms with E-state index in [2.05, 4.69) is 101 Å². The van der Waals surface area contributed by atoms with Crippen molar-refractivity contribution in [2.24, 2.45) is 0 Å². The third-order valence-corrected chi connectivity index (χ3v) is 5.82.